The van der Waals surface area contributed by atoms with Crippen LogP contribution in [0.15, 0.2) is 39.5 Å². The minimum absolute atomic E-state index is 0.0136. The van der Waals surface area contributed by atoms with E-state index in [2.05, 4.69) is 51.2 Å². The molecule has 2 rings (SSSR count). The van der Waals surface area contributed by atoms with E-state index in [1.807, 2.05) is 12.1 Å². The topological polar surface area (TPSA) is 47.3 Å². The zero-order valence-corrected chi connectivity index (χ0v) is 13.8. The van der Waals surface area contributed by atoms with Crippen molar-refractivity contribution in [3.63, 3.8) is 0 Å². The molecule has 0 aliphatic carbocycles. The van der Waals surface area contributed by atoms with Crippen LogP contribution in [0.5, 0.6) is 5.75 Å². The van der Waals surface area contributed by atoms with Crippen LogP contribution >= 0.6 is 27.3 Å². The van der Waals surface area contributed by atoms with E-state index in [0.29, 0.717) is 0 Å². The Morgan fingerprint density at radius 3 is 2.60 bits per heavy atom. The summed E-state index contributed by atoms with van der Waals surface area (Å²) in [6.45, 7) is 2.92. The average molecular weight is 355 g/mol. The molecule has 3 N–H and O–H groups in total. The molecule has 0 radical (unpaired) electrons. The number of hydrogen-bond acceptors (Lipinski definition) is 4. The standard InChI is InChI=1S/C15H19BrN2OS/c1-2-3-8-19-12-6-4-11(5-7-12)15(18-17)13-9-20-10-14(13)16/h4-7,9-10,15,18H,2-3,8,17H2,1H3. The molecule has 5 heteroatoms. The van der Waals surface area contributed by atoms with Gasteiger partial charge in [-0.2, -0.15) is 11.3 Å². The van der Waals surface area contributed by atoms with Gasteiger partial charge in [0, 0.05) is 9.85 Å². The molecule has 1 aromatic carbocycles. The van der Waals surface area contributed by atoms with E-state index in [0.717, 1.165) is 40.8 Å². The van der Waals surface area contributed by atoms with Crippen LogP contribution < -0.4 is 16.0 Å². The number of hydrazine groups is 1. The van der Waals surface area contributed by atoms with Crippen LogP contribution in [0.25, 0.3) is 0 Å². The van der Waals surface area contributed by atoms with E-state index in [4.69, 9.17) is 10.6 Å². The number of nitrogens with one attached hydrogen (secondary N) is 1. The molecule has 108 valence electrons. The lowest BCUT2D eigenvalue weighted by Gasteiger charge is -2.16. The van der Waals surface area contributed by atoms with Gasteiger partial charge in [0.1, 0.15) is 5.75 Å². The van der Waals surface area contributed by atoms with Gasteiger partial charge in [0.15, 0.2) is 0 Å². The molecule has 0 spiro atoms. The van der Waals surface area contributed by atoms with E-state index in [1.54, 1.807) is 11.3 Å². The first-order valence-electron chi connectivity index (χ1n) is 6.66. The van der Waals surface area contributed by atoms with Gasteiger partial charge in [-0.15, -0.1) is 0 Å². The molecule has 0 saturated heterocycles. The van der Waals surface area contributed by atoms with Crippen LogP contribution in [0.3, 0.4) is 0 Å². The van der Waals surface area contributed by atoms with Crippen molar-refractivity contribution >= 4 is 27.3 Å². The summed E-state index contributed by atoms with van der Waals surface area (Å²) in [6, 6.07) is 8.08. The van der Waals surface area contributed by atoms with Crippen molar-refractivity contribution < 1.29 is 4.74 Å². The lowest BCUT2D eigenvalue weighted by molar-refractivity contribution is 0.309. The Labute approximate surface area is 132 Å². The fourth-order valence-electron chi connectivity index (χ4n) is 1.95. The van der Waals surface area contributed by atoms with Gasteiger partial charge >= 0.3 is 0 Å². The quantitative estimate of drug-likeness (QED) is 0.444. The second-order valence-corrected chi connectivity index (χ2v) is 6.14. The van der Waals surface area contributed by atoms with Gasteiger partial charge in [0.2, 0.25) is 0 Å². The number of ether oxygens (including phenoxy) is 1. The van der Waals surface area contributed by atoms with Crippen molar-refractivity contribution in [2.45, 2.75) is 25.8 Å². The summed E-state index contributed by atoms with van der Waals surface area (Å²) in [4.78, 5) is 0. The predicted molar refractivity (Wildman–Crippen MR) is 88.0 cm³/mol. The van der Waals surface area contributed by atoms with Crippen LogP contribution in [-0.2, 0) is 0 Å². The van der Waals surface area contributed by atoms with Crippen LogP contribution in [0, 0.1) is 0 Å². The van der Waals surface area contributed by atoms with Gasteiger partial charge in [-0.05, 0) is 51.0 Å². The summed E-state index contributed by atoms with van der Waals surface area (Å²) >= 11 is 5.21. The maximum absolute atomic E-state index is 5.70. The molecule has 20 heavy (non-hydrogen) atoms. The fourth-order valence-corrected chi connectivity index (χ4v) is 3.51. The second kappa shape index (κ2) is 7.78. The van der Waals surface area contributed by atoms with Crippen molar-refractivity contribution in [1.29, 1.82) is 0 Å². The molecule has 1 aromatic heterocycles. The Hall–Kier alpha value is -0.880. The molecule has 0 fully saturated rings. The van der Waals surface area contributed by atoms with Crippen molar-refractivity contribution in [3.05, 3.63) is 50.6 Å². The molecule has 2 aromatic rings. The van der Waals surface area contributed by atoms with Crippen molar-refractivity contribution in [1.82, 2.24) is 5.43 Å². The summed E-state index contributed by atoms with van der Waals surface area (Å²) < 4.78 is 6.75. The summed E-state index contributed by atoms with van der Waals surface area (Å²) in [6.07, 6.45) is 2.22. The molecule has 1 atom stereocenters. The zero-order chi connectivity index (χ0) is 14.4. The van der Waals surface area contributed by atoms with Crippen LogP contribution in [0.1, 0.15) is 36.9 Å². The van der Waals surface area contributed by atoms with E-state index in [9.17, 15) is 0 Å². The predicted octanol–water partition coefficient (Wildman–Crippen LogP) is 4.24. The summed E-state index contributed by atoms with van der Waals surface area (Å²) in [5, 5.41) is 4.15. The molecule has 0 bridgehead atoms. The van der Waals surface area contributed by atoms with Crippen LogP contribution in [0.2, 0.25) is 0 Å². The van der Waals surface area contributed by atoms with E-state index < -0.39 is 0 Å². The summed E-state index contributed by atoms with van der Waals surface area (Å²) in [5.74, 6) is 6.61. The number of benzene rings is 1. The van der Waals surface area contributed by atoms with Gasteiger partial charge in [-0.1, -0.05) is 25.5 Å². The highest BCUT2D eigenvalue weighted by atomic mass is 79.9. The summed E-state index contributed by atoms with van der Waals surface area (Å²) in [5.41, 5.74) is 5.14. The highest BCUT2D eigenvalue weighted by Crippen LogP contribution is 2.31. The van der Waals surface area contributed by atoms with E-state index >= 15 is 0 Å². The number of unbranched alkanes of at least 4 members (excludes halogenated alkanes) is 1. The first-order chi connectivity index (χ1) is 9.76. The fraction of sp³-hybridized carbons (Fsp3) is 0.333. The van der Waals surface area contributed by atoms with Gasteiger partial charge in [-0.3, -0.25) is 5.84 Å². The first kappa shape index (κ1) is 15.5. The Balaban J connectivity index is 2.10. The third-order valence-electron chi connectivity index (χ3n) is 3.10. The molecule has 1 heterocycles. The van der Waals surface area contributed by atoms with Crippen molar-refractivity contribution in [2.24, 2.45) is 5.84 Å². The lowest BCUT2D eigenvalue weighted by Crippen LogP contribution is -2.28. The Morgan fingerprint density at radius 1 is 1.30 bits per heavy atom. The highest BCUT2D eigenvalue weighted by molar-refractivity contribution is 9.10. The van der Waals surface area contributed by atoms with Crippen LogP contribution in [-0.4, -0.2) is 6.61 Å². The maximum atomic E-state index is 5.70. The van der Waals surface area contributed by atoms with Gasteiger partial charge in [-0.25, -0.2) is 5.43 Å². The summed E-state index contributed by atoms with van der Waals surface area (Å²) in [7, 11) is 0. The number of thiophene rings is 1. The molecule has 0 aliphatic heterocycles. The van der Waals surface area contributed by atoms with Gasteiger partial charge in [0.05, 0.1) is 12.6 Å². The molecule has 0 saturated carbocycles. The van der Waals surface area contributed by atoms with Crippen LogP contribution in [0.4, 0.5) is 0 Å². The van der Waals surface area contributed by atoms with Gasteiger partial charge < -0.3 is 4.74 Å². The number of halogens is 1. The first-order valence-corrected chi connectivity index (χ1v) is 8.40. The monoisotopic (exact) mass is 354 g/mol. The molecular weight excluding hydrogens is 336 g/mol. The highest BCUT2D eigenvalue weighted by Gasteiger charge is 2.16. The normalized spacial score (nSPS) is 12.3. The van der Waals surface area contributed by atoms with Gasteiger partial charge in [0.25, 0.3) is 0 Å². The molecule has 0 aliphatic rings. The third kappa shape index (κ3) is 3.82. The third-order valence-corrected chi connectivity index (χ3v) is 4.85. The maximum Gasteiger partial charge on any atom is 0.119 e. The second-order valence-electron chi connectivity index (χ2n) is 4.55. The SMILES string of the molecule is CCCCOc1ccc(C(NN)c2cscc2Br)cc1. The van der Waals surface area contributed by atoms with Crippen molar-refractivity contribution in [2.75, 3.05) is 6.61 Å². The molecule has 1 unspecified atom stereocenters. The van der Waals surface area contributed by atoms with Crippen molar-refractivity contribution in [3.8, 4) is 5.75 Å². The molecular formula is C15H19BrN2OS. The van der Waals surface area contributed by atoms with E-state index in [-0.39, 0.29) is 6.04 Å². The largest absolute Gasteiger partial charge is 0.494 e. The minimum Gasteiger partial charge on any atom is -0.494 e. The number of hydrogen-bond donors (Lipinski definition) is 2. The van der Waals surface area contributed by atoms with E-state index in [1.165, 1.54) is 0 Å². The Morgan fingerprint density at radius 2 is 2.05 bits per heavy atom. The molecule has 0 amide bonds. The number of rotatable bonds is 7. The Bertz CT molecular complexity index is 527. The smallest absolute Gasteiger partial charge is 0.119 e. The Kier molecular flexibility index (Phi) is 6.04. The minimum atomic E-state index is -0.0136. The zero-order valence-electron chi connectivity index (χ0n) is 11.4. The lowest BCUT2D eigenvalue weighted by atomic mass is 10.0. The average Bonchev–Trinajstić information content (AvgIpc) is 2.88. The number of nitrogens with two attached hydrogens (primary N) is 1. The molecule has 3 nitrogen and oxygen atoms in total.